The van der Waals surface area contributed by atoms with E-state index in [0.29, 0.717) is 24.1 Å². The number of nitrogens with two attached hydrogens (primary N) is 1. The number of hydrogen-bond acceptors (Lipinski definition) is 5. The number of aromatic nitrogens is 1. The largest absolute Gasteiger partial charge is 0.329 e. The van der Waals surface area contributed by atoms with Crippen molar-refractivity contribution < 1.29 is 4.79 Å². The first-order valence-electron chi connectivity index (χ1n) is 6.55. The molecule has 104 valence electrons. The van der Waals surface area contributed by atoms with Gasteiger partial charge in [-0.05, 0) is 36.4 Å². The van der Waals surface area contributed by atoms with E-state index < -0.39 is 0 Å². The van der Waals surface area contributed by atoms with Gasteiger partial charge in [0.2, 0.25) is 0 Å². The standard InChI is InChI=1S/C14H16N4OS/c15-17-13-5-1-4-12(16-13)14(19)18(10-6-7-10)9-11-3-2-8-20-11/h1-5,8,10H,6-7,9,15H2,(H,16,17). The molecule has 2 aromatic heterocycles. The molecule has 3 N–H and O–H groups in total. The van der Waals surface area contributed by atoms with Crippen LogP contribution in [0, 0.1) is 0 Å². The van der Waals surface area contributed by atoms with Crippen molar-refractivity contribution in [3.8, 4) is 0 Å². The zero-order valence-electron chi connectivity index (χ0n) is 11.0. The lowest BCUT2D eigenvalue weighted by Gasteiger charge is -2.21. The van der Waals surface area contributed by atoms with Crippen LogP contribution in [-0.2, 0) is 6.54 Å². The van der Waals surface area contributed by atoms with E-state index in [9.17, 15) is 4.79 Å². The Hall–Kier alpha value is -1.92. The maximum Gasteiger partial charge on any atom is 0.273 e. The maximum absolute atomic E-state index is 12.6. The fourth-order valence-corrected chi connectivity index (χ4v) is 2.81. The van der Waals surface area contributed by atoms with E-state index in [1.807, 2.05) is 16.3 Å². The van der Waals surface area contributed by atoms with Gasteiger partial charge in [0.25, 0.3) is 5.91 Å². The topological polar surface area (TPSA) is 71.2 Å². The van der Waals surface area contributed by atoms with Crippen molar-refractivity contribution >= 4 is 23.1 Å². The number of carbonyl (C=O) groups is 1. The molecule has 0 bridgehead atoms. The third-order valence-corrected chi connectivity index (χ3v) is 4.13. The van der Waals surface area contributed by atoms with Crippen LogP contribution in [0.5, 0.6) is 0 Å². The van der Waals surface area contributed by atoms with Crippen LogP contribution in [0.2, 0.25) is 0 Å². The minimum Gasteiger partial charge on any atom is -0.329 e. The number of nitrogens with one attached hydrogen (secondary N) is 1. The second-order valence-corrected chi connectivity index (χ2v) is 5.83. The van der Waals surface area contributed by atoms with Crippen molar-refractivity contribution in [2.45, 2.75) is 25.4 Å². The van der Waals surface area contributed by atoms with Gasteiger partial charge in [0, 0.05) is 10.9 Å². The molecule has 0 aromatic carbocycles. The highest BCUT2D eigenvalue weighted by Crippen LogP contribution is 2.30. The molecule has 0 radical (unpaired) electrons. The number of nitrogens with zero attached hydrogens (tertiary/aromatic N) is 2. The Balaban J connectivity index is 1.81. The molecule has 1 aliphatic rings. The number of thiophene rings is 1. The Morgan fingerprint density at radius 3 is 2.90 bits per heavy atom. The molecule has 1 amide bonds. The molecular weight excluding hydrogens is 272 g/mol. The second-order valence-electron chi connectivity index (χ2n) is 4.80. The summed E-state index contributed by atoms with van der Waals surface area (Å²) in [5, 5.41) is 2.03. The first kappa shape index (κ1) is 13.1. The summed E-state index contributed by atoms with van der Waals surface area (Å²) in [5.74, 6) is 5.81. The monoisotopic (exact) mass is 288 g/mol. The Morgan fingerprint density at radius 1 is 1.40 bits per heavy atom. The summed E-state index contributed by atoms with van der Waals surface area (Å²) in [6.45, 7) is 0.656. The predicted octanol–water partition coefficient (Wildman–Crippen LogP) is 2.23. The van der Waals surface area contributed by atoms with Crippen molar-refractivity contribution in [1.82, 2.24) is 9.88 Å². The van der Waals surface area contributed by atoms with Gasteiger partial charge in [0.15, 0.2) is 0 Å². The zero-order chi connectivity index (χ0) is 13.9. The number of amides is 1. The van der Waals surface area contributed by atoms with Gasteiger partial charge in [-0.25, -0.2) is 10.8 Å². The number of rotatable bonds is 5. The molecule has 5 nitrogen and oxygen atoms in total. The second kappa shape index (κ2) is 5.60. The molecular formula is C14H16N4OS. The SMILES string of the molecule is NNc1cccc(C(=O)N(Cc2cccs2)C2CC2)n1. The van der Waals surface area contributed by atoms with Gasteiger partial charge in [0.1, 0.15) is 11.5 Å². The number of hydrogen-bond donors (Lipinski definition) is 2. The highest BCUT2D eigenvalue weighted by molar-refractivity contribution is 7.09. The van der Waals surface area contributed by atoms with Gasteiger partial charge >= 0.3 is 0 Å². The summed E-state index contributed by atoms with van der Waals surface area (Å²) in [6, 6.07) is 9.66. The lowest BCUT2D eigenvalue weighted by Crippen LogP contribution is -2.33. The first-order chi connectivity index (χ1) is 9.78. The average molecular weight is 288 g/mol. The van der Waals surface area contributed by atoms with Crippen LogP contribution < -0.4 is 11.3 Å². The third kappa shape index (κ3) is 2.81. The van der Waals surface area contributed by atoms with Crippen LogP contribution in [0.25, 0.3) is 0 Å². The van der Waals surface area contributed by atoms with E-state index in [0.717, 1.165) is 12.8 Å². The van der Waals surface area contributed by atoms with Gasteiger partial charge in [-0.3, -0.25) is 4.79 Å². The molecule has 2 heterocycles. The van der Waals surface area contributed by atoms with E-state index in [-0.39, 0.29) is 5.91 Å². The maximum atomic E-state index is 12.6. The minimum atomic E-state index is -0.0296. The van der Waals surface area contributed by atoms with Gasteiger partial charge < -0.3 is 10.3 Å². The summed E-state index contributed by atoms with van der Waals surface area (Å²) in [6.07, 6.45) is 2.15. The quantitative estimate of drug-likeness (QED) is 0.654. The number of carbonyl (C=O) groups excluding carboxylic acids is 1. The van der Waals surface area contributed by atoms with Crippen LogP contribution in [0.15, 0.2) is 35.7 Å². The summed E-state index contributed by atoms with van der Waals surface area (Å²) < 4.78 is 0. The highest BCUT2D eigenvalue weighted by Gasteiger charge is 2.33. The Bertz CT molecular complexity index is 595. The third-order valence-electron chi connectivity index (χ3n) is 3.27. The van der Waals surface area contributed by atoms with E-state index in [1.54, 1.807) is 29.5 Å². The molecule has 0 aliphatic heterocycles. The normalized spacial score (nSPS) is 14.1. The van der Waals surface area contributed by atoms with Crippen molar-refractivity contribution in [2.24, 2.45) is 5.84 Å². The van der Waals surface area contributed by atoms with Crippen molar-refractivity contribution in [2.75, 3.05) is 5.43 Å². The average Bonchev–Trinajstić information content (AvgIpc) is 3.20. The molecule has 2 aromatic rings. The molecule has 1 aliphatic carbocycles. The number of pyridine rings is 1. The van der Waals surface area contributed by atoms with Crippen LogP contribution in [0.3, 0.4) is 0 Å². The van der Waals surface area contributed by atoms with Crippen LogP contribution in [0.4, 0.5) is 5.82 Å². The van der Waals surface area contributed by atoms with Crippen molar-refractivity contribution in [1.29, 1.82) is 0 Å². The number of anilines is 1. The van der Waals surface area contributed by atoms with Gasteiger partial charge in [-0.2, -0.15) is 0 Å². The number of hydrazine groups is 1. The molecule has 1 saturated carbocycles. The Kier molecular flexibility index (Phi) is 3.66. The van der Waals surface area contributed by atoms with E-state index in [4.69, 9.17) is 5.84 Å². The van der Waals surface area contributed by atoms with E-state index in [2.05, 4.69) is 16.5 Å². The molecule has 1 fully saturated rings. The molecule has 20 heavy (non-hydrogen) atoms. The number of nitrogen functional groups attached to an aromatic ring is 1. The minimum absolute atomic E-state index is 0.0296. The van der Waals surface area contributed by atoms with Crippen molar-refractivity contribution in [3.05, 3.63) is 46.3 Å². The molecule has 0 atom stereocenters. The van der Waals surface area contributed by atoms with Crippen LogP contribution >= 0.6 is 11.3 Å². The summed E-state index contributed by atoms with van der Waals surface area (Å²) in [4.78, 5) is 20.0. The highest BCUT2D eigenvalue weighted by atomic mass is 32.1. The van der Waals surface area contributed by atoms with Gasteiger partial charge in [0.05, 0.1) is 6.54 Å². The molecule has 0 saturated heterocycles. The molecule has 3 rings (SSSR count). The van der Waals surface area contributed by atoms with Crippen LogP contribution in [-0.4, -0.2) is 21.8 Å². The van der Waals surface area contributed by atoms with Gasteiger partial charge in [-0.1, -0.05) is 12.1 Å². The van der Waals surface area contributed by atoms with Crippen LogP contribution in [0.1, 0.15) is 28.2 Å². The van der Waals surface area contributed by atoms with Crippen molar-refractivity contribution in [3.63, 3.8) is 0 Å². The lowest BCUT2D eigenvalue weighted by molar-refractivity contribution is 0.0726. The smallest absolute Gasteiger partial charge is 0.273 e. The first-order valence-corrected chi connectivity index (χ1v) is 7.43. The Labute approximate surface area is 121 Å². The van der Waals surface area contributed by atoms with E-state index >= 15 is 0 Å². The molecule has 0 unspecified atom stereocenters. The van der Waals surface area contributed by atoms with Gasteiger partial charge in [-0.15, -0.1) is 11.3 Å². The molecule has 6 heteroatoms. The summed E-state index contributed by atoms with van der Waals surface area (Å²) in [5.41, 5.74) is 2.91. The summed E-state index contributed by atoms with van der Waals surface area (Å²) >= 11 is 1.67. The van der Waals surface area contributed by atoms with E-state index in [1.165, 1.54) is 4.88 Å². The fraction of sp³-hybridized carbons (Fsp3) is 0.286. The summed E-state index contributed by atoms with van der Waals surface area (Å²) in [7, 11) is 0. The predicted molar refractivity (Wildman–Crippen MR) is 79.3 cm³/mol. The Morgan fingerprint density at radius 2 is 2.25 bits per heavy atom. The lowest BCUT2D eigenvalue weighted by atomic mass is 10.3. The fourth-order valence-electron chi connectivity index (χ4n) is 2.10. The molecule has 0 spiro atoms. The zero-order valence-corrected chi connectivity index (χ0v) is 11.8.